The average Bonchev–Trinajstić information content (AvgIpc) is 2.48. The van der Waals surface area contributed by atoms with Crippen molar-refractivity contribution in [1.29, 1.82) is 0 Å². The van der Waals surface area contributed by atoms with Gasteiger partial charge in [-0.15, -0.1) is 0 Å². The van der Waals surface area contributed by atoms with E-state index in [1.54, 1.807) is 18.4 Å². The predicted molar refractivity (Wildman–Crippen MR) is 84.6 cm³/mol. The lowest BCUT2D eigenvalue weighted by Crippen LogP contribution is -2.03. The van der Waals surface area contributed by atoms with Crippen molar-refractivity contribution in [3.8, 4) is 0 Å². The Labute approximate surface area is 121 Å². The Balaban J connectivity index is 2.37. The first-order chi connectivity index (χ1) is 9.72. The van der Waals surface area contributed by atoms with Crippen LogP contribution in [-0.2, 0) is 4.74 Å². The van der Waals surface area contributed by atoms with E-state index >= 15 is 0 Å². The molecule has 0 spiro atoms. The molecule has 0 aliphatic rings. The van der Waals surface area contributed by atoms with Crippen molar-refractivity contribution in [2.24, 2.45) is 0 Å². The van der Waals surface area contributed by atoms with Gasteiger partial charge in [-0.3, -0.25) is 0 Å². The summed E-state index contributed by atoms with van der Waals surface area (Å²) in [5.74, 6) is 0. The highest BCUT2D eigenvalue weighted by molar-refractivity contribution is 5.36. The number of benzene rings is 2. The van der Waals surface area contributed by atoms with Gasteiger partial charge in [0.05, 0.1) is 6.26 Å². The van der Waals surface area contributed by atoms with Crippen molar-refractivity contribution in [3.63, 3.8) is 0 Å². The normalized spacial score (nSPS) is 12.3. The Morgan fingerprint density at radius 1 is 0.950 bits per heavy atom. The van der Waals surface area contributed by atoms with Gasteiger partial charge in [0.25, 0.3) is 0 Å². The minimum atomic E-state index is -0.0910. The van der Waals surface area contributed by atoms with Gasteiger partial charge in [-0.1, -0.05) is 61.2 Å². The van der Waals surface area contributed by atoms with Crippen LogP contribution >= 0.6 is 0 Å². The van der Waals surface area contributed by atoms with E-state index < -0.39 is 0 Å². The van der Waals surface area contributed by atoms with Crippen molar-refractivity contribution in [2.75, 3.05) is 0 Å². The Bertz CT molecular complexity index is 596. The van der Waals surface area contributed by atoms with Gasteiger partial charge in [0.1, 0.15) is 6.10 Å². The first kappa shape index (κ1) is 14.1. The van der Waals surface area contributed by atoms with Crippen LogP contribution in [0, 0.1) is 13.8 Å². The summed E-state index contributed by atoms with van der Waals surface area (Å²) in [7, 11) is 0. The number of hydrogen-bond acceptors (Lipinski definition) is 1. The van der Waals surface area contributed by atoms with Gasteiger partial charge < -0.3 is 4.74 Å². The smallest absolute Gasteiger partial charge is 0.148 e. The quantitative estimate of drug-likeness (QED) is 0.538. The van der Waals surface area contributed by atoms with Gasteiger partial charge in [0.2, 0.25) is 0 Å². The Morgan fingerprint density at radius 2 is 1.70 bits per heavy atom. The number of hydrogen-bond donors (Lipinski definition) is 0. The Kier molecular flexibility index (Phi) is 4.78. The fraction of sp³-hybridized carbons (Fsp3) is 0.158. The van der Waals surface area contributed by atoms with E-state index in [2.05, 4.69) is 50.8 Å². The molecule has 1 heteroatoms. The second-order valence-electron chi connectivity index (χ2n) is 4.83. The molecule has 1 atom stereocenters. The van der Waals surface area contributed by atoms with Crippen LogP contribution in [0.5, 0.6) is 0 Å². The molecule has 2 aromatic rings. The summed E-state index contributed by atoms with van der Waals surface area (Å²) in [6, 6.07) is 16.7. The zero-order valence-electron chi connectivity index (χ0n) is 12.0. The molecule has 0 fully saturated rings. The van der Waals surface area contributed by atoms with E-state index in [4.69, 9.17) is 4.74 Å². The monoisotopic (exact) mass is 264 g/mol. The van der Waals surface area contributed by atoms with Crippen molar-refractivity contribution in [1.82, 2.24) is 0 Å². The first-order valence-corrected chi connectivity index (χ1v) is 6.77. The minimum Gasteiger partial charge on any atom is -0.489 e. The summed E-state index contributed by atoms with van der Waals surface area (Å²) in [6.45, 7) is 7.91. The molecule has 0 aromatic heterocycles. The second kappa shape index (κ2) is 6.76. The van der Waals surface area contributed by atoms with Gasteiger partial charge >= 0.3 is 0 Å². The zero-order chi connectivity index (χ0) is 14.4. The van der Waals surface area contributed by atoms with Gasteiger partial charge in [0, 0.05) is 0 Å². The van der Waals surface area contributed by atoms with Crippen LogP contribution in [0.3, 0.4) is 0 Å². The highest BCUT2D eigenvalue weighted by Crippen LogP contribution is 2.27. The van der Waals surface area contributed by atoms with E-state index in [1.807, 2.05) is 18.2 Å². The maximum Gasteiger partial charge on any atom is 0.148 e. The van der Waals surface area contributed by atoms with Crippen molar-refractivity contribution in [3.05, 3.63) is 95.8 Å². The zero-order valence-corrected chi connectivity index (χ0v) is 12.0. The molecule has 0 bridgehead atoms. The molecule has 0 radical (unpaired) electrons. The minimum absolute atomic E-state index is 0.0910. The highest BCUT2D eigenvalue weighted by atomic mass is 16.5. The van der Waals surface area contributed by atoms with Gasteiger partial charge in [-0.2, -0.15) is 0 Å². The first-order valence-electron chi connectivity index (χ1n) is 6.77. The largest absolute Gasteiger partial charge is 0.489 e. The lowest BCUT2D eigenvalue weighted by molar-refractivity contribution is 0.183. The van der Waals surface area contributed by atoms with Crippen LogP contribution in [0.25, 0.3) is 0 Å². The fourth-order valence-corrected chi connectivity index (χ4v) is 2.08. The lowest BCUT2D eigenvalue weighted by Gasteiger charge is -2.18. The fourth-order valence-electron chi connectivity index (χ4n) is 2.08. The third-order valence-corrected chi connectivity index (χ3v) is 3.37. The molecular formula is C19H20O. The summed E-state index contributed by atoms with van der Waals surface area (Å²) in [5, 5.41) is 0. The Morgan fingerprint density at radius 3 is 2.35 bits per heavy atom. The molecular weight excluding hydrogens is 244 g/mol. The molecule has 0 aliphatic heterocycles. The number of aryl methyl sites for hydroxylation is 2. The van der Waals surface area contributed by atoms with Gasteiger partial charge in [-0.05, 0) is 42.2 Å². The molecule has 2 aromatic carbocycles. The van der Waals surface area contributed by atoms with Crippen LogP contribution in [0.2, 0.25) is 0 Å². The summed E-state index contributed by atoms with van der Waals surface area (Å²) in [6.07, 6.45) is 5.12. The van der Waals surface area contributed by atoms with Crippen LogP contribution < -0.4 is 0 Å². The molecule has 0 heterocycles. The Hall–Kier alpha value is -2.28. The molecule has 20 heavy (non-hydrogen) atoms. The number of allylic oxidation sites excluding steroid dienone is 2. The van der Waals surface area contributed by atoms with Gasteiger partial charge in [0.15, 0.2) is 0 Å². The molecule has 1 unspecified atom stereocenters. The van der Waals surface area contributed by atoms with Crippen LogP contribution in [0.15, 0.2) is 73.5 Å². The molecule has 0 aliphatic carbocycles. The van der Waals surface area contributed by atoms with Crippen molar-refractivity contribution < 1.29 is 4.74 Å². The molecule has 0 N–H and O–H groups in total. The maximum absolute atomic E-state index is 5.90. The van der Waals surface area contributed by atoms with Gasteiger partial charge in [-0.25, -0.2) is 0 Å². The molecule has 102 valence electrons. The summed E-state index contributed by atoms with van der Waals surface area (Å²) in [4.78, 5) is 0. The third kappa shape index (κ3) is 3.39. The molecule has 1 nitrogen and oxygen atoms in total. The van der Waals surface area contributed by atoms with Crippen molar-refractivity contribution >= 4 is 0 Å². The lowest BCUT2D eigenvalue weighted by atomic mass is 9.98. The standard InChI is InChI=1S/C19H20O/c1-4-5-13-20-19(17-9-7-6-8-10-17)18-12-11-15(2)16(3)14-18/h4-14,19H,1H2,2-3H3. The van der Waals surface area contributed by atoms with E-state index in [0.717, 1.165) is 11.1 Å². The van der Waals surface area contributed by atoms with E-state index in [-0.39, 0.29) is 6.10 Å². The number of rotatable bonds is 5. The van der Waals surface area contributed by atoms with Crippen LogP contribution in [-0.4, -0.2) is 0 Å². The molecule has 0 amide bonds. The topological polar surface area (TPSA) is 9.23 Å². The van der Waals surface area contributed by atoms with Crippen molar-refractivity contribution in [2.45, 2.75) is 20.0 Å². The second-order valence-corrected chi connectivity index (χ2v) is 4.83. The third-order valence-electron chi connectivity index (χ3n) is 3.37. The van der Waals surface area contributed by atoms with E-state index in [1.165, 1.54) is 11.1 Å². The highest BCUT2D eigenvalue weighted by Gasteiger charge is 2.14. The number of ether oxygens (including phenoxy) is 1. The predicted octanol–water partition coefficient (Wildman–Crippen LogP) is 5.11. The van der Waals surface area contributed by atoms with E-state index in [0.29, 0.717) is 0 Å². The summed E-state index contributed by atoms with van der Waals surface area (Å²) in [5.41, 5.74) is 4.87. The maximum atomic E-state index is 5.90. The summed E-state index contributed by atoms with van der Waals surface area (Å²) >= 11 is 0. The molecule has 0 saturated carbocycles. The summed E-state index contributed by atoms with van der Waals surface area (Å²) < 4.78 is 5.90. The molecule has 2 rings (SSSR count). The van der Waals surface area contributed by atoms with Crippen LogP contribution in [0.1, 0.15) is 28.4 Å². The van der Waals surface area contributed by atoms with E-state index in [9.17, 15) is 0 Å². The molecule has 0 saturated heterocycles. The SMILES string of the molecule is C=CC=COC(c1ccccc1)c1ccc(C)c(C)c1. The average molecular weight is 264 g/mol. The van der Waals surface area contributed by atoms with Crippen LogP contribution in [0.4, 0.5) is 0 Å².